The molecule has 1 heterocycles. The summed E-state index contributed by atoms with van der Waals surface area (Å²) >= 11 is 0. The number of rotatable bonds is 8. The third-order valence-electron chi connectivity index (χ3n) is 2.88. The normalized spacial score (nSPS) is 25.6. The molecule has 134 valence electrons. The number of ether oxygens (including phenoxy) is 2. The van der Waals surface area contributed by atoms with Gasteiger partial charge in [-0.15, -0.1) is 0 Å². The van der Waals surface area contributed by atoms with Crippen LogP contribution in [0.3, 0.4) is 0 Å². The third kappa shape index (κ3) is 5.72. The van der Waals surface area contributed by atoms with Gasteiger partial charge < -0.3 is 23.6 Å². The van der Waals surface area contributed by atoms with Gasteiger partial charge in [-0.25, -0.2) is 0 Å². The molecule has 0 bridgehead atoms. The molecule has 0 amide bonds. The molecule has 0 aliphatic carbocycles. The highest BCUT2D eigenvalue weighted by molar-refractivity contribution is 7.54. The van der Waals surface area contributed by atoms with Crippen molar-refractivity contribution in [3.63, 3.8) is 0 Å². The topological polar surface area (TPSA) is 123 Å². The van der Waals surface area contributed by atoms with Crippen LogP contribution in [-0.4, -0.2) is 47.7 Å². The molecule has 1 saturated heterocycles. The Morgan fingerprint density at radius 1 is 1.26 bits per heavy atom. The van der Waals surface area contributed by atoms with Crippen LogP contribution in [0.5, 0.6) is 0 Å². The Labute approximate surface area is 136 Å². The van der Waals surface area contributed by atoms with Crippen molar-refractivity contribution in [2.75, 3.05) is 6.54 Å². The highest BCUT2D eigenvalue weighted by atomic mass is 31.2. The number of hydrogen-bond acceptors (Lipinski definition) is 7. The zero-order valence-electron chi connectivity index (χ0n) is 14.4. The van der Waals surface area contributed by atoms with E-state index in [-0.39, 0.29) is 6.54 Å². The van der Waals surface area contributed by atoms with Crippen molar-refractivity contribution >= 4 is 7.60 Å². The van der Waals surface area contributed by atoms with Gasteiger partial charge in [0.15, 0.2) is 11.6 Å². The van der Waals surface area contributed by atoms with E-state index in [2.05, 4.69) is 10.0 Å². The zero-order valence-corrected chi connectivity index (χ0v) is 15.3. The first kappa shape index (κ1) is 20.4. The van der Waals surface area contributed by atoms with E-state index in [1.807, 2.05) is 0 Å². The minimum atomic E-state index is -3.88. The Morgan fingerprint density at radius 3 is 2.22 bits per heavy atom. The Morgan fingerprint density at radius 2 is 1.78 bits per heavy atom. The van der Waals surface area contributed by atoms with Crippen LogP contribution in [0.25, 0.3) is 10.4 Å². The molecule has 0 aromatic heterocycles. The van der Waals surface area contributed by atoms with Gasteiger partial charge in [0.05, 0.1) is 24.9 Å². The number of azide groups is 1. The molecule has 0 saturated carbocycles. The molecule has 1 rings (SSSR count). The first-order valence-electron chi connectivity index (χ1n) is 7.52. The van der Waals surface area contributed by atoms with Crippen LogP contribution in [0.1, 0.15) is 41.5 Å². The van der Waals surface area contributed by atoms with E-state index in [4.69, 9.17) is 24.1 Å². The fourth-order valence-corrected chi connectivity index (χ4v) is 4.38. The quantitative estimate of drug-likeness (QED) is 0.310. The minimum absolute atomic E-state index is 0.0645. The van der Waals surface area contributed by atoms with Gasteiger partial charge in [0.1, 0.15) is 6.10 Å². The second kappa shape index (κ2) is 7.94. The first-order valence-corrected chi connectivity index (χ1v) is 9.13. The van der Waals surface area contributed by atoms with Gasteiger partial charge in [0.25, 0.3) is 0 Å². The summed E-state index contributed by atoms with van der Waals surface area (Å²) in [6.07, 6.45) is -2.59. The van der Waals surface area contributed by atoms with Crippen LogP contribution in [0.2, 0.25) is 0 Å². The van der Waals surface area contributed by atoms with Crippen LogP contribution < -0.4 is 0 Å². The van der Waals surface area contributed by atoms with Crippen LogP contribution in [-0.2, 0) is 23.1 Å². The van der Waals surface area contributed by atoms with Crippen molar-refractivity contribution in [2.45, 2.75) is 77.6 Å². The van der Waals surface area contributed by atoms with Crippen molar-refractivity contribution in [1.82, 2.24) is 0 Å². The maximum atomic E-state index is 13.0. The van der Waals surface area contributed by atoms with E-state index >= 15 is 0 Å². The molecule has 10 heteroatoms. The van der Waals surface area contributed by atoms with Gasteiger partial charge in [0.2, 0.25) is 0 Å². The minimum Gasteiger partial charge on any atom is -0.378 e. The average molecular weight is 351 g/mol. The fraction of sp³-hybridized carbons (Fsp3) is 1.00. The molecular formula is C13H26N3O6P. The largest absolute Gasteiger partial charge is 0.378 e. The van der Waals surface area contributed by atoms with Gasteiger partial charge in [0, 0.05) is 4.91 Å². The van der Waals surface area contributed by atoms with E-state index in [0.717, 1.165) is 0 Å². The summed E-state index contributed by atoms with van der Waals surface area (Å²) in [7, 11) is -3.88. The van der Waals surface area contributed by atoms with Crippen molar-refractivity contribution in [3.8, 4) is 0 Å². The Balaban J connectivity index is 3.06. The van der Waals surface area contributed by atoms with E-state index in [0.29, 0.717) is 0 Å². The molecule has 3 atom stereocenters. The summed E-state index contributed by atoms with van der Waals surface area (Å²) < 4.78 is 35.0. The molecule has 9 nitrogen and oxygen atoms in total. The van der Waals surface area contributed by atoms with E-state index in [1.165, 1.54) is 0 Å². The summed E-state index contributed by atoms with van der Waals surface area (Å²) in [4.78, 5) is 2.68. The Bertz CT molecular complexity index is 478. The summed E-state index contributed by atoms with van der Waals surface area (Å²) in [5.41, 5.74) is 8.47. The lowest BCUT2D eigenvalue weighted by molar-refractivity contribution is -0.151. The molecule has 23 heavy (non-hydrogen) atoms. The molecular weight excluding hydrogens is 325 g/mol. The van der Waals surface area contributed by atoms with E-state index in [1.54, 1.807) is 41.5 Å². The lowest BCUT2D eigenvalue weighted by Crippen LogP contribution is -2.38. The van der Waals surface area contributed by atoms with Gasteiger partial charge in [-0.05, 0) is 47.1 Å². The lowest BCUT2D eigenvalue weighted by Gasteiger charge is -2.30. The molecule has 0 unspecified atom stereocenters. The third-order valence-corrected chi connectivity index (χ3v) is 5.25. The standard InChI is InChI=1S/C13H26N3O6P/c1-8(2)21-23(18,22-9(3)4)12(17)11-10(7-15-16-14)19-13(5,6)20-11/h8-12,17H,7H2,1-6H3/t10-,11+,12-/m0/s1. The van der Waals surface area contributed by atoms with E-state index < -0.39 is 43.6 Å². The fourth-order valence-electron chi connectivity index (χ4n) is 2.29. The maximum Gasteiger partial charge on any atom is 0.362 e. The molecule has 1 fully saturated rings. The highest BCUT2D eigenvalue weighted by Crippen LogP contribution is 2.57. The van der Waals surface area contributed by atoms with Crippen LogP contribution in [0, 0.1) is 0 Å². The average Bonchev–Trinajstić information content (AvgIpc) is 2.68. The zero-order chi connectivity index (χ0) is 17.8. The van der Waals surface area contributed by atoms with Crippen molar-refractivity contribution in [1.29, 1.82) is 0 Å². The Kier molecular flexibility index (Phi) is 7.04. The number of aliphatic hydroxyl groups is 1. The van der Waals surface area contributed by atoms with E-state index in [9.17, 15) is 9.67 Å². The summed E-state index contributed by atoms with van der Waals surface area (Å²) in [5.74, 6) is -2.57. The summed E-state index contributed by atoms with van der Waals surface area (Å²) in [5, 5.41) is 14.1. The molecule has 1 aliphatic heterocycles. The second-order valence-corrected chi connectivity index (χ2v) is 8.34. The number of hydrogen-bond donors (Lipinski definition) is 1. The number of aliphatic hydroxyl groups excluding tert-OH is 1. The number of nitrogens with zero attached hydrogens (tertiary/aromatic N) is 3. The van der Waals surface area contributed by atoms with Gasteiger partial charge in [-0.3, -0.25) is 4.57 Å². The lowest BCUT2D eigenvalue weighted by atomic mass is 10.2. The molecule has 1 N–H and O–H groups in total. The Hall–Kier alpha value is -0.660. The van der Waals surface area contributed by atoms with Crippen LogP contribution in [0.15, 0.2) is 5.11 Å². The van der Waals surface area contributed by atoms with Crippen LogP contribution >= 0.6 is 7.60 Å². The summed E-state index contributed by atoms with van der Waals surface area (Å²) in [6.45, 7) is 10.0. The predicted octanol–water partition coefficient (Wildman–Crippen LogP) is 3.18. The molecule has 1 aliphatic rings. The van der Waals surface area contributed by atoms with Crippen molar-refractivity contribution in [3.05, 3.63) is 10.4 Å². The molecule has 0 aromatic rings. The monoisotopic (exact) mass is 351 g/mol. The van der Waals surface area contributed by atoms with Crippen molar-refractivity contribution in [2.24, 2.45) is 5.11 Å². The predicted molar refractivity (Wildman–Crippen MR) is 83.9 cm³/mol. The first-order chi connectivity index (χ1) is 10.5. The molecule has 0 radical (unpaired) electrons. The van der Waals surface area contributed by atoms with Gasteiger partial charge in [-0.1, -0.05) is 5.11 Å². The van der Waals surface area contributed by atoms with Crippen LogP contribution in [0.4, 0.5) is 0 Å². The SMILES string of the molecule is CC(C)OP(=O)(OC(C)C)[C@H](O)[C@@H]1OC(C)(C)O[C@H]1CN=[N+]=[N-]. The summed E-state index contributed by atoms with van der Waals surface area (Å²) in [6, 6.07) is 0. The highest BCUT2D eigenvalue weighted by Gasteiger charge is 2.52. The van der Waals surface area contributed by atoms with Gasteiger partial charge in [-0.2, -0.15) is 0 Å². The van der Waals surface area contributed by atoms with Gasteiger partial charge >= 0.3 is 7.60 Å². The molecule has 0 spiro atoms. The van der Waals surface area contributed by atoms with Crippen molar-refractivity contribution < 1.29 is 28.2 Å². The molecule has 0 aromatic carbocycles. The smallest absolute Gasteiger partial charge is 0.362 e. The second-order valence-electron chi connectivity index (χ2n) is 6.31. The maximum absolute atomic E-state index is 13.0.